The van der Waals surface area contributed by atoms with Crippen LogP contribution in [-0.4, -0.2) is 42.5 Å². The Bertz CT molecular complexity index is 155. The van der Waals surface area contributed by atoms with Crippen LogP contribution in [0.2, 0.25) is 0 Å². The van der Waals surface area contributed by atoms with Gasteiger partial charge in [0.1, 0.15) is 6.29 Å². The summed E-state index contributed by atoms with van der Waals surface area (Å²) in [5.74, 6) is 0. The molecule has 0 aromatic heterocycles. The van der Waals surface area contributed by atoms with Crippen molar-refractivity contribution in [1.82, 2.24) is 4.90 Å². The zero-order valence-corrected chi connectivity index (χ0v) is 9.08. The van der Waals surface area contributed by atoms with Crippen molar-refractivity contribution in [3.8, 4) is 0 Å². The highest BCUT2D eigenvalue weighted by molar-refractivity contribution is 5.58. The maximum atomic E-state index is 10.6. The fraction of sp³-hybridized carbons (Fsp3) is 0.900. The van der Waals surface area contributed by atoms with Crippen LogP contribution in [-0.2, 0) is 4.79 Å². The quantitative estimate of drug-likeness (QED) is 0.628. The average molecular weight is 187 g/mol. The van der Waals surface area contributed by atoms with Gasteiger partial charge in [0.05, 0.1) is 6.10 Å². The van der Waals surface area contributed by atoms with Gasteiger partial charge >= 0.3 is 0 Å². The molecule has 0 amide bonds. The van der Waals surface area contributed by atoms with Crippen LogP contribution in [0.1, 0.15) is 27.2 Å². The third-order valence-corrected chi connectivity index (χ3v) is 1.93. The number of hydrogen-bond donors (Lipinski definition) is 1. The monoisotopic (exact) mass is 187 g/mol. The third-order valence-electron chi connectivity index (χ3n) is 1.93. The van der Waals surface area contributed by atoms with E-state index in [4.69, 9.17) is 5.11 Å². The lowest BCUT2D eigenvalue weighted by atomic mass is 9.95. The molecule has 0 radical (unpaired) electrons. The lowest BCUT2D eigenvalue weighted by Crippen LogP contribution is -2.33. The number of nitrogens with zero attached hydrogens (tertiary/aromatic N) is 1. The van der Waals surface area contributed by atoms with E-state index in [2.05, 4.69) is 4.90 Å². The average Bonchev–Trinajstić information content (AvgIpc) is 2.00. The number of carbonyl (C=O) groups excluding carboxylic acids is 1. The molecule has 78 valence electrons. The number of hydrogen-bond acceptors (Lipinski definition) is 3. The molecule has 0 bridgehead atoms. The maximum absolute atomic E-state index is 10.6. The van der Waals surface area contributed by atoms with Crippen LogP contribution in [0.4, 0.5) is 0 Å². The second-order valence-electron chi connectivity index (χ2n) is 4.48. The first-order valence-electron chi connectivity index (χ1n) is 4.70. The zero-order valence-electron chi connectivity index (χ0n) is 9.08. The van der Waals surface area contributed by atoms with Crippen molar-refractivity contribution in [2.75, 3.05) is 20.1 Å². The molecule has 0 aromatic rings. The Kier molecular flexibility index (Phi) is 5.18. The standard InChI is InChI=1S/C10H21NO2/c1-9(13)5-6-11(4)7-10(2,3)8-12/h8-9,13H,5-7H2,1-4H3. The van der Waals surface area contributed by atoms with Crippen molar-refractivity contribution in [3.05, 3.63) is 0 Å². The Balaban J connectivity index is 3.73. The van der Waals surface area contributed by atoms with Crippen molar-refractivity contribution < 1.29 is 9.90 Å². The highest BCUT2D eigenvalue weighted by atomic mass is 16.3. The number of aldehydes is 1. The summed E-state index contributed by atoms with van der Waals surface area (Å²) >= 11 is 0. The van der Waals surface area contributed by atoms with E-state index in [1.807, 2.05) is 20.9 Å². The van der Waals surface area contributed by atoms with Crippen LogP contribution in [0.15, 0.2) is 0 Å². The van der Waals surface area contributed by atoms with Crippen molar-refractivity contribution in [3.63, 3.8) is 0 Å². The first-order valence-corrected chi connectivity index (χ1v) is 4.70. The second kappa shape index (κ2) is 5.35. The molecule has 0 aliphatic heterocycles. The van der Waals surface area contributed by atoms with E-state index in [1.165, 1.54) is 0 Å². The SMILES string of the molecule is CC(O)CCN(C)CC(C)(C)C=O. The fourth-order valence-electron chi connectivity index (χ4n) is 1.22. The molecule has 1 unspecified atom stereocenters. The van der Waals surface area contributed by atoms with Gasteiger partial charge in [-0.2, -0.15) is 0 Å². The van der Waals surface area contributed by atoms with Gasteiger partial charge in [0.25, 0.3) is 0 Å². The Morgan fingerprint density at radius 1 is 1.54 bits per heavy atom. The molecule has 3 nitrogen and oxygen atoms in total. The first kappa shape index (κ1) is 12.6. The predicted molar refractivity (Wildman–Crippen MR) is 53.6 cm³/mol. The highest BCUT2D eigenvalue weighted by Gasteiger charge is 2.18. The number of aliphatic hydroxyl groups excluding tert-OH is 1. The van der Waals surface area contributed by atoms with E-state index in [0.717, 1.165) is 25.8 Å². The number of rotatable bonds is 6. The van der Waals surface area contributed by atoms with Gasteiger partial charge in [-0.15, -0.1) is 0 Å². The Morgan fingerprint density at radius 2 is 2.08 bits per heavy atom. The minimum atomic E-state index is -0.284. The van der Waals surface area contributed by atoms with Crippen molar-refractivity contribution in [2.24, 2.45) is 5.41 Å². The predicted octanol–water partition coefficient (Wildman–Crippen LogP) is 0.914. The first-order chi connectivity index (χ1) is 5.87. The second-order valence-corrected chi connectivity index (χ2v) is 4.48. The summed E-state index contributed by atoms with van der Waals surface area (Å²) in [5, 5.41) is 9.06. The summed E-state index contributed by atoms with van der Waals surface area (Å²) in [4.78, 5) is 12.7. The van der Waals surface area contributed by atoms with Gasteiger partial charge < -0.3 is 14.8 Å². The van der Waals surface area contributed by atoms with E-state index in [1.54, 1.807) is 6.92 Å². The summed E-state index contributed by atoms with van der Waals surface area (Å²) in [6, 6.07) is 0. The molecule has 13 heavy (non-hydrogen) atoms. The zero-order chi connectivity index (χ0) is 10.5. The van der Waals surface area contributed by atoms with Crippen LogP contribution in [0, 0.1) is 5.41 Å². The Hall–Kier alpha value is -0.410. The minimum Gasteiger partial charge on any atom is -0.393 e. The molecule has 0 aliphatic rings. The number of carbonyl (C=O) groups is 1. The van der Waals surface area contributed by atoms with Crippen LogP contribution < -0.4 is 0 Å². The highest BCUT2D eigenvalue weighted by Crippen LogP contribution is 2.12. The fourth-order valence-corrected chi connectivity index (χ4v) is 1.22. The molecule has 0 aromatic carbocycles. The van der Waals surface area contributed by atoms with E-state index >= 15 is 0 Å². The molecule has 1 N–H and O–H groups in total. The molecule has 0 rings (SSSR count). The van der Waals surface area contributed by atoms with Crippen molar-refractivity contribution in [1.29, 1.82) is 0 Å². The molecular weight excluding hydrogens is 166 g/mol. The van der Waals surface area contributed by atoms with Crippen molar-refractivity contribution in [2.45, 2.75) is 33.3 Å². The minimum absolute atomic E-state index is 0.262. The number of aliphatic hydroxyl groups is 1. The normalized spacial score (nSPS) is 14.6. The summed E-state index contributed by atoms with van der Waals surface area (Å²) in [6.07, 6.45) is 1.47. The molecular formula is C10H21NO2. The van der Waals surface area contributed by atoms with Crippen LogP contribution in [0.25, 0.3) is 0 Å². The Labute approximate surface area is 80.7 Å². The molecule has 0 fully saturated rings. The van der Waals surface area contributed by atoms with Gasteiger partial charge in [-0.1, -0.05) is 13.8 Å². The van der Waals surface area contributed by atoms with Crippen molar-refractivity contribution >= 4 is 6.29 Å². The van der Waals surface area contributed by atoms with Crippen LogP contribution >= 0.6 is 0 Å². The van der Waals surface area contributed by atoms with Crippen LogP contribution in [0.3, 0.4) is 0 Å². The molecule has 0 spiro atoms. The van der Waals surface area contributed by atoms with E-state index in [9.17, 15) is 4.79 Å². The third kappa shape index (κ3) is 6.72. The maximum Gasteiger partial charge on any atom is 0.126 e. The lowest BCUT2D eigenvalue weighted by Gasteiger charge is -2.25. The summed E-state index contributed by atoms with van der Waals surface area (Å²) < 4.78 is 0. The van der Waals surface area contributed by atoms with Gasteiger partial charge in [0.15, 0.2) is 0 Å². The van der Waals surface area contributed by atoms with Gasteiger partial charge in [-0.05, 0) is 20.4 Å². The lowest BCUT2D eigenvalue weighted by molar-refractivity contribution is -0.115. The van der Waals surface area contributed by atoms with Gasteiger partial charge in [0.2, 0.25) is 0 Å². The van der Waals surface area contributed by atoms with E-state index in [-0.39, 0.29) is 11.5 Å². The summed E-state index contributed by atoms with van der Waals surface area (Å²) in [5.41, 5.74) is -0.284. The van der Waals surface area contributed by atoms with E-state index in [0.29, 0.717) is 0 Å². The molecule has 0 aliphatic carbocycles. The summed E-state index contributed by atoms with van der Waals surface area (Å²) in [7, 11) is 1.97. The molecule has 0 heterocycles. The Morgan fingerprint density at radius 3 is 2.46 bits per heavy atom. The van der Waals surface area contributed by atoms with Gasteiger partial charge in [0, 0.05) is 18.5 Å². The molecule has 0 saturated carbocycles. The molecule has 0 saturated heterocycles. The molecule has 1 atom stereocenters. The summed E-state index contributed by atoms with van der Waals surface area (Å²) in [6.45, 7) is 7.18. The smallest absolute Gasteiger partial charge is 0.126 e. The van der Waals surface area contributed by atoms with Crippen LogP contribution in [0.5, 0.6) is 0 Å². The largest absolute Gasteiger partial charge is 0.393 e. The van der Waals surface area contributed by atoms with Gasteiger partial charge in [-0.3, -0.25) is 0 Å². The van der Waals surface area contributed by atoms with Gasteiger partial charge in [-0.25, -0.2) is 0 Å². The topological polar surface area (TPSA) is 40.5 Å². The van der Waals surface area contributed by atoms with E-state index < -0.39 is 0 Å². The molecule has 3 heteroatoms.